The second-order valence-corrected chi connectivity index (χ2v) is 8.22. The molecule has 8 heteroatoms. The lowest BCUT2D eigenvalue weighted by molar-refractivity contribution is 0.0267. The maximum Gasteiger partial charge on any atom is 0.199 e. The van der Waals surface area contributed by atoms with Gasteiger partial charge in [-0.2, -0.15) is 0 Å². The molecule has 1 aliphatic rings. The number of rotatable bonds is 7. The maximum absolute atomic E-state index is 13.6. The van der Waals surface area contributed by atoms with Crippen LogP contribution in [0.2, 0.25) is 0 Å². The molecule has 0 saturated carbocycles. The van der Waals surface area contributed by atoms with E-state index in [0.717, 1.165) is 24.4 Å². The van der Waals surface area contributed by atoms with E-state index in [9.17, 15) is 12.8 Å². The quantitative estimate of drug-likeness (QED) is 0.762. The summed E-state index contributed by atoms with van der Waals surface area (Å²) in [7, 11) is -3.72. The van der Waals surface area contributed by atoms with Gasteiger partial charge in [0.2, 0.25) is 0 Å². The van der Waals surface area contributed by atoms with Crippen LogP contribution in [0.15, 0.2) is 52.9 Å². The number of hydrogen-bond donors (Lipinski definition) is 1. The summed E-state index contributed by atoms with van der Waals surface area (Å²) in [4.78, 5) is 3.91. The Labute approximate surface area is 164 Å². The summed E-state index contributed by atoms with van der Waals surface area (Å²) in [6.07, 6.45) is 3.27. The van der Waals surface area contributed by atoms with E-state index in [1.54, 1.807) is 12.1 Å². The van der Waals surface area contributed by atoms with Crippen molar-refractivity contribution in [3.63, 3.8) is 0 Å². The van der Waals surface area contributed by atoms with E-state index in [2.05, 4.69) is 10.3 Å². The first-order valence-electron chi connectivity index (χ1n) is 9.11. The molecule has 3 rings (SSSR count). The molecule has 1 aromatic heterocycles. The minimum Gasteiger partial charge on any atom is -0.489 e. The fraction of sp³-hybridized carbons (Fsp3) is 0.350. The maximum atomic E-state index is 13.6. The minimum atomic E-state index is -3.72. The number of morpholine rings is 1. The summed E-state index contributed by atoms with van der Waals surface area (Å²) >= 11 is 0. The van der Waals surface area contributed by atoms with Gasteiger partial charge in [-0.05, 0) is 48.9 Å². The zero-order valence-electron chi connectivity index (χ0n) is 15.5. The molecule has 28 heavy (non-hydrogen) atoms. The lowest BCUT2D eigenvalue weighted by Crippen LogP contribution is -2.50. The Morgan fingerprint density at radius 1 is 1.36 bits per heavy atom. The van der Waals surface area contributed by atoms with Crippen molar-refractivity contribution in [1.82, 2.24) is 10.3 Å². The number of aromatic nitrogens is 1. The van der Waals surface area contributed by atoms with Gasteiger partial charge >= 0.3 is 0 Å². The molecule has 2 aromatic rings. The van der Waals surface area contributed by atoms with Crippen LogP contribution in [0, 0.1) is 5.82 Å². The first kappa shape index (κ1) is 20.4. The summed E-state index contributed by atoms with van der Waals surface area (Å²) < 4.78 is 50.0. The highest BCUT2D eigenvalue weighted by atomic mass is 32.2. The first-order valence-corrected chi connectivity index (χ1v) is 10.7. The van der Waals surface area contributed by atoms with Crippen LogP contribution in [0.3, 0.4) is 0 Å². The highest BCUT2D eigenvalue weighted by Crippen LogP contribution is 2.21. The normalized spacial score (nSPS) is 18.9. The van der Waals surface area contributed by atoms with Crippen molar-refractivity contribution in [3.05, 3.63) is 59.5 Å². The highest BCUT2D eigenvalue weighted by Gasteiger charge is 2.24. The summed E-state index contributed by atoms with van der Waals surface area (Å²) in [6, 6.07) is 8.95. The van der Waals surface area contributed by atoms with Crippen molar-refractivity contribution in [2.75, 3.05) is 19.8 Å². The van der Waals surface area contributed by atoms with Crippen molar-refractivity contribution in [2.24, 2.45) is 0 Å². The molecule has 2 heterocycles. The Morgan fingerprint density at radius 3 is 2.79 bits per heavy atom. The van der Waals surface area contributed by atoms with E-state index in [1.807, 2.05) is 6.92 Å². The minimum absolute atomic E-state index is 0.0287. The second-order valence-electron chi connectivity index (χ2n) is 6.39. The Morgan fingerprint density at radius 2 is 2.14 bits per heavy atom. The van der Waals surface area contributed by atoms with Crippen LogP contribution in [0.1, 0.15) is 19.0 Å². The van der Waals surface area contributed by atoms with Gasteiger partial charge in [-0.25, -0.2) is 12.8 Å². The summed E-state index contributed by atoms with van der Waals surface area (Å²) in [6.45, 7) is 4.08. The molecule has 0 spiro atoms. The molecule has 2 unspecified atom stereocenters. The smallest absolute Gasteiger partial charge is 0.199 e. The molecule has 150 valence electrons. The Bertz CT molecular complexity index is 910. The molecule has 1 aromatic carbocycles. The van der Waals surface area contributed by atoms with Gasteiger partial charge < -0.3 is 14.8 Å². The number of benzene rings is 1. The van der Waals surface area contributed by atoms with Gasteiger partial charge in [0.25, 0.3) is 0 Å². The van der Waals surface area contributed by atoms with Crippen molar-refractivity contribution < 1.29 is 22.3 Å². The molecule has 0 radical (unpaired) electrons. The van der Waals surface area contributed by atoms with Gasteiger partial charge in [0.15, 0.2) is 9.84 Å². The van der Waals surface area contributed by atoms with Gasteiger partial charge in [-0.3, -0.25) is 4.98 Å². The predicted molar refractivity (Wildman–Crippen MR) is 104 cm³/mol. The van der Waals surface area contributed by atoms with Crippen LogP contribution in [0.25, 0.3) is 6.08 Å². The van der Waals surface area contributed by atoms with Crippen molar-refractivity contribution >= 4 is 15.9 Å². The molecule has 0 aliphatic carbocycles. The van der Waals surface area contributed by atoms with Gasteiger partial charge in [0.05, 0.1) is 29.8 Å². The van der Waals surface area contributed by atoms with Gasteiger partial charge in [0.1, 0.15) is 17.7 Å². The third-order valence-electron chi connectivity index (χ3n) is 4.43. The van der Waals surface area contributed by atoms with E-state index in [1.165, 1.54) is 30.5 Å². The average Bonchev–Trinajstić information content (AvgIpc) is 2.72. The van der Waals surface area contributed by atoms with E-state index in [4.69, 9.17) is 9.47 Å². The zero-order chi connectivity index (χ0) is 20.0. The topological polar surface area (TPSA) is 77.5 Å². The van der Waals surface area contributed by atoms with Crippen molar-refractivity contribution in [1.29, 1.82) is 0 Å². The highest BCUT2D eigenvalue weighted by molar-refractivity contribution is 7.94. The monoisotopic (exact) mass is 406 g/mol. The van der Waals surface area contributed by atoms with E-state index >= 15 is 0 Å². The Balaban J connectivity index is 1.69. The van der Waals surface area contributed by atoms with Gasteiger partial charge in [-0.15, -0.1) is 0 Å². The number of ether oxygens (including phenoxy) is 2. The van der Waals surface area contributed by atoms with Crippen molar-refractivity contribution in [2.45, 2.75) is 30.4 Å². The predicted octanol–water partition coefficient (Wildman–Crippen LogP) is 2.81. The second kappa shape index (κ2) is 9.27. The van der Waals surface area contributed by atoms with Gasteiger partial charge in [0, 0.05) is 18.1 Å². The standard InChI is InChI=1S/C20H23FN2O4S/c1-2-20(19-14-26-12-11-23-19)27-15-5-7-16(8-6-15)28(24,25)13-9-18-17(21)4-3-10-22-18/h3-10,13,19-20,23H,2,11-12,14H2,1H3/b13-9+. The zero-order valence-corrected chi connectivity index (χ0v) is 16.4. The summed E-state index contributed by atoms with van der Waals surface area (Å²) in [5.41, 5.74) is -0.0287. The fourth-order valence-electron chi connectivity index (χ4n) is 2.91. The lowest BCUT2D eigenvalue weighted by atomic mass is 10.1. The molecule has 0 bridgehead atoms. The molecule has 1 fully saturated rings. The molecule has 2 atom stereocenters. The number of halogens is 1. The molecular weight excluding hydrogens is 383 g/mol. The fourth-order valence-corrected chi connectivity index (χ4v) is 3.89. The van der Waals surface area contributed by atoms with Crippen LogP contribution >= 0.6 is 0 Å². The van der Waals surface area contributed by atoms with Crippen molar-refractivity contribution in [3.8, 4) is 5.75 Å². The Hall–Kier alpha value is -2.29. The third-order valence-corrected chi connectivity index (χ3v) is 5.86. The lowest BCUT2D eigenvalue weighted by Gasteiger charge is -2.31. The molecule has 1 N–H and O–H groups in total. The van der Waals surface area contributed by atoms with E-state index in [-0.39, 0.29) is 22.7 Å². The summed E-state index contributed by atoms with van der Waals surface area (Å²) in [5, 5.41) is 4.32. The van der Waals surface area contributed by atoms with Crippen LogP contribution in [-0.2, 0) is 14.6 Å². The van der Waals surface area contributed by atoms with Crippen LogP contribution < -0.4 is 10.1 Å². The molecule has 6 nitrogen and oxygen atoms in total. The SMILES string of the molecule is CCC(Oc1ccc(S(=O)(=O)/C=C/c2ncccc2F)cc1)C1COCCN1. The molecule has 1 aliphatic heterocycles. The number of hydrogen-bond acceptors (Lipinski definition) is 6. The van der Waals surface area contributed by atoms with Crippen LogP contribution in [-0.4, -0.2) is 45.3 Å². The van der Waals surface area contributed by atoms with E-state index < -0.39 is 15.7 Å². The average molecular weight is 406 g/mol. The number of pyridine rings is 1. The third kappa shape index (κ3) is 5.15. The van der Waals surface area contributed by atoms with Crippen LogP contribution in [0.5, 0.6) is 5.75 Å². The molecular formula is C20H23FN2O4S. The van der Waals surface area contributed by atoms with Gasteiger partial charge in [-0.1, -0.05) is 6.92 Å². The Kier molecular flexibility index (Phi) is 6.77. The first-order chi connectivity index (χ1) is 13.5. The molecule has 0 amide bonds. The van der Waals surface area contributed by atoms with Crippen LogP contribution in [0.4, 0.5) is 4.39 Å². The summed E-state index contributed by atoms with van der Waals surface area (Å²) in [5.74, 6) is 0.00142. The number of nitrogens with one attached hydrogen (secondary N) is 1. The molecule has 1 saturated heterocycles. The number of nitrogens with zero attached hydrogens (tertiary/aromatic N) is 1. The largest absolute Gasteiger partial charge is 0.489 e. The van der Waals surface area contributed by atoms with E-state index in [0.29, 0.717) is 19.0 Å². The number of sulfone groups is 1.